The molecule has 3 nitrogen and oxygen atoms in total. The molecule has 0 bridgehead atoms. The van der Waals surface area contributed by atoms with Crippen LogP contribution in [-0.4, -0.2) is 52.9 Å². The molecule has 0 unspecified atom stereocenters. The molecular formula is C7H12N2OS2. The second-order valence-electron chi connectivity index (χ2n) is 2.80. The van der Waals surface area contributed by atoms with Gasteiger partial charge in [-0.25, -0.2) is 5.01 Å². The number of thioether (sulfide) groups is 1. The van der Waals surface area contributed by atoms with E-state index >= 15 is 0 Å². The molecule has 5 heteroatoms. The van der Waals surface area contributed by atoms with Crippen molar-refractivity contribution in [2.45, 2.75) is 0 Å². The molecule has 2 saturated heterocycles. The zero-order chi connectivity index (χ0) is 8.39. The summed E-state index contributed by atoms with van der Waals surface area (Å²) >= 11 is 7.00. The average Bonchev–Trinajstić information content (AvgIpc) is 2.53. The topological polar surface area (TPSA) is 15.7 Å². The first-order chi connectivity index (χ1) is 5.88. The summed E-state index contributed by atoms with van der Waals surface area (Å²) in [5.41, 5.74) is 0. The van der Waals surface area contributed by atoms with Crippen LogP contribution < -0.4 is 0 Å². The van der Waals surface area contributed by atoms with Crippen LogP contribution in [0.25, 0.3) is 0 Å². The molecule has 0 aromatic rings. The molecule has 0 radical (unpaired) electrons. The Balaban J connectivity index is 1.93. The van der Waals surface area contributed by atoms with Crippen LogP contribution in [-0.2, 0) is 4.74 Å². The molecule has 2 rings (SSSR count). The van der Waals surface area contributed by atoms with Gasteiger partial charge in [-0.3, -0.25) is 5.01 Å². The Bertz CT molecular complexity index is 182. The minimum absolute atomic E-state index is 0.837. The second kappa shape index (κ2) is 3.91. The summed E-state index contributed by atoms with van der Waals surface area (Å²) in [6, 6.07) is 0. The molecule has 0 aliphatic carbocycles. The Hall–Kier alpha value is 0.160. The molecule has 2 aliphatic heterocycles. The largest absolute Gasteiger partial charge is 0.379 e. The predicted molar refractivity (Wildman–Crippen MR) is 54.2 cm³/mol. The van der Waals surface area contributed by atoms with E-state index in [9.17, 15) is 0 Å². The third kappa shape index (κ3) is 1.74. The SMILES string of the molecule is S=C1SCCN1N1CCOCC1. The Labute approximate surface area is 82.0 Å². The Kier molecular flexibility index (Phi) is 2.85. The van der Waals surface area contributed by atoms with E-state index in [1.807, 2.05) is 0 Å². The maximum absolute atomic E-state index is 5.28. The highest BCUT2D eigenvalue weighted by Crippen LogP contribution is 2.20. The fourth-order valence-electron chi connectivity index (χ4n) is 1.44. The van der Waals surface area contributed by atoms with Gasteiger partial charge in [0.2, 0.25) is 0 Å². The molecule has 0 N–H and O–H groups in total. The number of morpholine rings is 1. The van der Waals surface area contributed by atoms with Gasteiger partial charge < -0.3 is 4.74 Å². The Morgan fingerprint density at radius 2 is 2.00 bits per heavy atom. The van der Waals surface area contributed by atoms with Crippen molar-refractivity contribution >= 4 is 28.3 Å². The van der Waals surface area contributed by atoms with Crippen molar-refractivity contribution < 1.29 is 4.74 Å². The zero-order valence-electron chi connectivity index (χ0n) is 6.86. The van der Waals surface area contributed by atoms with Crippen molar-refractivity contribution in [3.8, 4) is 0 Å². The van der Waals surface area contributed by atoms with E-state index in [2.05, 4.69) is 10.0 Å². The van der Waals surface area contributed by atoms with E-state index in [4.69, 9.17) is 17.0 Å². The summed E-state index contributed by atoms with van der Waals surface area (Å²) in [5, 5.41) is 4.51. The molecule has 0 aromatic carbocycles. The van der Waals surface area contributed by atoms with Crippen molar-refractivity contribution in [3.63, 3.8) is 0 Å². The van der Waals surface area contributed by atoms with Crippen molar-refractivity contribution in [2.75, 3.05) is 38.6 Å². The summed E-state index contributed by atoms with van der Waals surface area (Å²) in [7, 11) is 0. The van der Waals surface area contributed by atoms with Gasteiger partial charge in [-0.1, -0.05) is 24.0 Å². The van der Waals surface area contributed by atoms with Crippen LogP contribution in [0, 0.1) is 0 Å². The lowest BCUT2D eigenvalue weighted by atomic mass is 10.5. The smallest absolute Gasteiger partial charge is 0.150 e. The van der Waals surface area contributed by atoms with E-state index < -0.39 is 0 Å². The summed E-state index contributed by atoms with van der Waals surface area (Å²) in [6.07, 6.45) is 0. The quantitative estimate of drug-likeness (QED) is 0.578. The van der Waals surface area contributed by atoms with Gasteiger partial charge in [-0.05, 0) is 0 Å². The first kappa shape index (κ1) is 8.74. The number of hydrogen-bond acceptors (Lipinski definition) is 4. The summed E-state index contributed by atoms with van der Waals surface area (Å²) in [5.74, 6) is 1.14. The minimum Gasteiger partial charge on any atom is -0.379 e. The number of hydrazine groups is 1. The van der Waals surface area contributed by atoms with E-state index in [0.717, 1.165) is 42.9 Å². The van der Waals surface area contributed by atoms with Gasteiger partial charge >= 0.3 is 0 Å². The minimum atomic E-state index is 0.837. The third-order valence-corrected chi connectivity index (χ3v) is 3.48. The molecule has 2 fully saturated rings. The molecular weight excluding hydrogens is 192 g/mol. The fraction of sp³-hybridized carbons (Fsp3) is 0.857. The number of ether oxygens (including phenoxy) is 1. The van der Waals surface area contributed by atoms with Gasteiger partial charge in [0.05, 0.1) is 13.2 Å². The van der Waals surface area contributed by atoms with Gasteiger partial charge in [0.1, 0.15) is 0 Å². The van der Waals surface area contributed by atoms with Gasteiger partial charge in [0.15, 0.2) is 4.32 Å². The van der Waals surface area contributed by atoms with Crippen LogP contribution in [0.1, 0.15) is 0 Å². The van der Waals surface area contributed by atoms with Gasteiger partial charge in [-0.15, -0.1) is 0 Å². The van der Waals surface area contributed by atoms with Crippen LogP contribution in [0.15, 0.2) is 0 Å². The fourth-order valence-corrected chi connectivity index (χ4v) is 2.69. The highest BCUT2D eigenvalue weighted by atomic mass is 32.2. The molecule has 0 spiro atoms. The van der Waals surface area contributed by atoms with Crippen LogP contribution >= 0.6 is 24.0 Å². The van der Waals surface area contributed by atoms with Crippen molar-refractivity contribution in [1.82, 2.24) is 10.0 Å². The Morgan fingerprint density at radius 1 is 1.25 bits per heavy atom. The molecule has 0 atom stereocenters. The number of thiocarbonyl (C=S) groups is 1. The summed E-state index contributed by atoms with van der Waals surface area (Å²) < 4.78 is 6.30. The lowest BCUT2D eigenvalue weighted by molar-refractivity contribution is -0.0431. The third-order valence-electron chi connectivity index (χ3n) is 2.07. The van der Waals surface area contributed by atoms with Gasteiger partial charge in [0.25, 0.3) is 0 Å². The van der Waals surface area contributed by atoms with Gasteiger partial charge in [0, 0.05) is 25.4 Å². The van der Waals surface area contributed by atoms with E-state index in [1.165, 1.54) is 0 Å². The first-order valence-electron chi connectivity index (χ1n) is 4.15. The van der Waals surface area contributed by atoms with Crippen molar-refractivity contribution in [3.05, 3.63) is 0 Å². The lowest BCUT2D eigenvalue weighted by Crippen LogP contribution is -2.48. The van der Waals surface area contributed by atoms with Crippen LogP contribution in [0.5, 0.6) is 0 Å². The average molecular weight is 204 g/mol. The summed E-state index contributed by atoms with van der Waals surface area (Å²) in [4.78, 5) is 0. The van der Waals surface area contributed by atoms with Gasteiger partial charge in [-0.2, -0.15) is 0 Å². The maximum Gasteiger partial charge on any atom is 0.150 e. The maximum atomic E-state index is 5.28. The first-order valence-corrected chi connectivity index (χ1v) is 5.54. The molecule has 0 saturated carbocycles. The zero-order valence-corrected chi connectivity index (χ0v) is 8.49. The highest BCUT2D eigenvalue weighted by Gasteiger charge is 2.24. The molecule has 2 aliphatic rings. The van der Waals surface area contributed by atoms with Crippen molar-refractivity contribution in [2.24, 2.45) is 0 Å². The second-order valence-corrected chi connectivity index (χ2v) is 4.53. The summed E-state index contributed by atoms with van der Waals surface area (Å²) in [6.45, 7) is 4.72. The van der Waals surface area contributed by atoms with Crippen LogP contribution in [0.2, 0.25) is 0 Å². The number of hydrogen-bond donors (Lipinski definition) is 0. The normalized spacial score (nSPS) is 26.7. The molecule has 2 heterocycles. The Morgan fingerprint density at radius 3 is 2.58 bits per heavy atom. The lowest BCUT2D eigenvalue weighted by Gasteiger charge is -2.35. The van der Waals surface area contributed by atoms with Crippen LogP contribution in [0.4, 0.5) is 0 Å². The number of rotatable bonds is 1. The molecule has 12 heavy (non-hydrogen) atoms. The molecule has 0 amide bonds. The van der Waals surface area contributed by atoms with Crippen molar-refractivity contribution in [1.29, 1.82) is 0 Å². The molecule has 0 aromatic heterocycles. The highest BCUT2D eigenvalue weighted by molar-refractivity contribution is 8.23. The molecule has 68 valence electrons. The monoisotopic (exact) mass is 204 g/mol. The predicted octanol–water partition coefficient (Wildman–Crippen LogP) is 0.567. The van der Waals surface area contributed by atoms with E-state index in [0.29, 0.717) is 0 Å². The van der Waals surface area contributed by atoms with Crippen LogP contribution in [0.3, 0.4) is 0 Å². The van der Waals surface area contributed by atoms with E-state index in [-0.39, 0.29) is 0 Å². The standard InChI is InChI=1S/C7H12N2OS2/c11-7-9(3-6-12-7)8-1-4-10-5-2-8/h1-6H2. The van der Waals surface area contributed by atoms with E-state index in [1.54, 1.807) is 11.8 Å². The number of nitrogens with zero attached hydrogens (tertiary/aromatic N) is 2.